The van der Waals surface area contributed by atoms with Crippen LogP contribution in [0, 0.1) is 11.6 Å². The van der Waals surface area contributed by atoms with Crippen LogP contribution in [-0.4, -0.2) is 35.1 Å². The lowest BCUT2D eigenvalue weighted by Crippen LogP contribution is -1.90. The highest BCUT2D eigenvalue weighted by Crippen LogP contribution is 2.34. The first-order valence-electron chi connectivity index (χ1n) is 9.72. The molecule has 0 atom stereocenters. The second kappa shape index (κ2) is 7.02. The molecule has 4 heterocycles. The lowest BCUT2D eigenvalue weighted by molar-refractivity contribution is 0.628. The number of rotatable bonds is 3. The van der Waals surface area contributed by atoms with Crippen molar-refractivity contribution in [3.8, 4) is 33.8 Å². The Labute approximate surface area is 179 Å². The standard InChI is InChI=1S/C23H13F2N7/c24-14-3-1-12(2-4-14)16-7-8-28-22-20(16)29-23(30-22)21-18-17(31-32-21)6-5-15(19(18)25)13-9-26-11-27-10-13/h1-11H,(H,31,32)(H,28,29,30). The molecule has 154 valence electrons. The van der Waals surface area contributed by atoms with E-state index in [1.54, 1.807) is 42.9 Å². The monoisotopic (exact) mass is 425 g/mol. The van der Waals surface area contributed by atoms with Crippen LogP contribution in [-0.2, 0) is 0 Å². The fourth-order valence-electron chi connectivity index (χ4n) is 3.80. The van der Waals surface area contributed by atoms with Crippen LogP contribution in [0.2, 0.25) is 0 Å². The van der Waals surface area contributed by atoms with Crippen LogP contribution in [0.25, 0.3) is 55.8 Å². The van der Waals surface area contributed by atoms with Gasteiger partial charge in [0.2, 0.25) is 0 Å². The van der Waals surface area contributed by atoms with Gasteiger partial charge in [-0.1, -0.05) is 12.1 Å². The highest BCUT2D eigenvalue weighted by Gasteiger charge is 2.20. The van der Waals surface area contributed by atoms with Gasteiger partial charge in [-0.05, 0) is 35.9 Å². The van der Waals surface area contributed by atoms with Crippen molar-refractivity contribution >= 4 is 22.1 Å². The molecule has 0 bridgehead atoms. The molecule has 0 saturated heterocycles. The molecule has 0 aliphatic carbocycles. The molecule has 0 radical (unpaired) electrons. The zero-order valence-corrected chi connectivity index (χ0v) is 16.3. The van der Waals surface area contributed by atoms with Gasteiger partial charge in [-0.15, -0.1) is 0 Å². The first-order chi connectivity index (χ1) is 15.7. The number of benzene rings is 2. The quantitative estimate of drug-likeness (QED) is 0.420. The number of aromatic nitrogens is 7. The van der Waals surface area contributed by atoms with E-state index in [2.05, 4.69) is 35.1 Å². The first-order valence-corrected chi connectivity index (χ1v) is 9.72. The van der Waals surface area contributed by atoms with Gasteiger partial charge in [0.15, 0.2) is 11.5 Å². The molecular formula is C23H13F2N7. The Morgan fingerprint density at radius 3 is 2.44 bits per heavy atom. The van der Waals surface area contributed by atoms with Crippen molar-refractivity contribution in [2.75, 3.05) is 0 Å². The van der Waals surface area contributed by atoms with Crippen molar-refractivity contribution in [1.82, 2.24) is 35.1 Å². The summed E-state index contributed by atoms with van der Waals surface area (Å²) in [5.41, 5.74) is 4.49. The Morgan fingerprint density at radius 1 is 0.812 bits per heavy atom. The summed E-state index contributed by atoms with van der Waals surface area (Å²) in [5.74, 6) is -0.399. The van der Waals surface area contributed by atoms with Crippen molar-refractivity contribution in [1.29, 1.82) is 0 Å². The van der Waals surface area contributed by atoms with Gasteiger partial charge in [0.1, 0.15) is 23.7 Å². The summed E-state index contributed by atoms with van der Waals surface area (Å²) in [6.45, 7) is 0. The normalized spacial score (nSPS) is 11.4. The number of nitrogens with zero attached hydrogens (tertiary/aromatic N) is 5. The second-order valence-corrected chi connectivity index (χ2v) is 7.20. The first kappa shape index (κ1) is 18.3. The maximum absolute atomic E-state index is 15.6. The van der Waals surface area contributed by atoms with E-state index in [0.29, 0.717) is 44.7 Å². The Balaban J connectivity index is 1.54. The predicted octanol–water partition coefficient (Wildman–Crippen LogP) is 4.90. The van der Waals surface area contributed by atoms with Gasteiger partial charge in [0.25, 0.3) is 0 Å². The summed E-state index contributed by atoms with van der Waals surface area (Å²) in [6.07, 6.45) is 6.12. The molecule has 2 aromatic carbocycles. The molecule has 0 spiro atoms. The molecule has 0 fully saturated rings. The number of nitrogens with one attached hydrogen (secondary N) is 2. The van der Waals surface area contributed by atoms with E-state index in [1.165, 1.54) is 18.5 Å². The minimum absolute atomic E-state index is 0.300. The van der Waals surface area contributed by atoms with E-state index in [1.807, 2.05) is 6.07 Å². The van der Waals surface area contributed by atoms with Gasteiger partial charge >= 0.3 is 0 Å². The number of pyridine rings is 1. The molecule has 4 aromatic heterocycles. The van der Waals surface area contributed by atoms with E-state index >= 15 is 4.39 Å². The number of hydrogen-bond acceptors (Lipinski definition) is 5. The molecule has 0 aliphatic heterocycles. The zero-order chi connectivity index (χ0) is 21.7. The summed E-state index contributed by atoms with van der Waals surface area (Å²) >= 11 is 0. The molecule has 9 heteroatoms. The van der Waals surface area contributed by atoms with Gasteiger partial charge in [0.05, 0.1) is 16.4 Å². The fourth-order valence-corrected chi connectivity index (χ4v) is 3.80. The van der Waals surface area contributed by atoms with E-state index in [9.17, 15) is 4.39 Å². The largest absolute Gasteiger partial charge is 0.335 e. The second-order valence-electron chi connectivity index (χ2n) is 7.20. The van der Waals surface area contributed by atoms with Crippen LogP contribution in [0.3, 0.4) is 0 Å². The molecular weight excluding hydrogens is 412 g/mol. The number of hydrogen-bond donors (Lipinski definition) is 2. The third-order valence-electron chi connectivity index (χ3n) is 5.31. The smallest absolute Gasteiger partial charge is 0.178 e. The molecule has 32 heavy (non-hydrogen) atoms. The number of imidazole rings is 1. The number of fused-ring (bicyclic) bond motifs is 2. The van der Waals surface area contributed by atoms with Gasteiger partial charge in [-0.2, -0.15) is 5.10 Å². The summed E-state index contributed by atoms with van der Waals surface area (Å²) in [6, 6.07) is 11.4. The lowest BCUT2D eigenvalue weighted by Gasteiger charge is -2.04. The lowest BCUT2D eigenvalue weighted by atomic mass is 10.0. The van der Waals surface area contributed by atoms with Crippen LogP contribution < -0.4 is 0 Å². The molecule has 0 amide bonds. The Kier molecular flexibility index (Phi) is 4.00. The van der Waals surface area contributed by atoms with Crippen molar-refractivity contribution in [3.05, 3.63) is 79.0 Å². The third-order valence-corrected chi connectivity index (χ3v) is 5.31. The van der Waals surface area contributed by atoms with Crippen LogP contribution in [0.1, 0.15) is 0 Å². The van der Waals surface area contributed by atoms with Crippen LogP contribution >= 0.6 is 0 Å². The number of H-pyrrole nitrogens is 2. The fraction of sp³-hybridized carbons (Fsp3) is 0. The molecule has 0 unspecified atom stereocenters. The van der Waals surface area contributed by atoms with E-state index < -0.39 is 5.82 Å². The van der Waals surface area contributed by atoms with Crippen LogP contribution in [0.4, 0.5) is 8.78 Å². The topological polar surface area (TPSA) is 96.0 Å². The van der Waals surface area contributed by atoms with E-state index in [0.717, 1.165) is 11.1 Å². The molecule has 6 aromatic rings. The minimum Gasteiger partial charge on any atom is -0.335 e. The minimum atomic E-state index is -0.451. The van der Waals surface area contributed by atoms with E-state index in [-0.39, 0.29) is 5.82 Å². The maximum Gasteiger partial charge on any atom is 0.178 e. The highest BCUT2D eigenvalue weighted by molar-refractivity contribution is 5.97. The zero-order valence-electron chi connectivity index (χ0n) is 16.3. The molecule has 2 N–H and O–H groups in total. The Bertz CT molecular complexity index is 1590. The van der Waals surface area contributed by atoms with Crippen LogP contribution in [0.5, 0.6) is 0 Å². The van der Waals surface area contributed by atoms with Crippen molar-refractivity contribution in [2.45, 2.75) is 0 Å². The maximum atomic E-state index is 15.6. The SMILES string of the molecule is Fc1ccc(-c2ccnc3nc(-c4n[nH]c5ccc(-c6cncnc6)c(F)c45)[nH]c23)cc1. The molecule has 0 saturated carbocycles. The predicted molar refractivity (Wildman–Crippen MR) is 115 cm³/mol. The summed E-state index contributed by atoms with van der Waals surface area (Å²) in [5, 5.41) is 7.46. The average molecular weight is 425 g/mol. The van der Waals surface area contributed by atoms with Crippen molar-refractivity contribution < 1.29 is 8.78 Å². The van der Waals surface area contributed by atoms with Crippen molar-refractivity contribution in [3.63, 3.8) is 0 Å². The molecule has 6 rings (SSSR count). The van der Waals surface area contributed by atoms with Crippen molar-refractivity contribution in [2.24, 2.45) is 0 Å². The summed E-state index contributed by atoms with van der Waals surface area (Å²) in [7, 11) is 0. The average Bonchev–Trinajstić information content (AvgIpc) is 3.45. The third kappa shape index (κ3) is 2.83. The summed E-state index contributed by atoms with van der Waals surface area (Å²) in [4.78, 5) is 20.0. The summed E-state index contributed by atoms with van der Waals surface area (Å²) < 4.78 is 28.9. The van der Waals surface area contributed by atoms with Gasteiger partial charge < -0.3 is 4.98 Å². The Hall–Kier alpha value is -4.53. The number of halogens is 2. The number of aromatic amines is 2. The van der Waals surface area contributed by atoms with Gasteiger partial charge in [0, 0.05) is 35.3 Å². The van der Waals surface area contributed by atoms with Crippen LogP contribution in [0.15, 0.2) is 67.4 Å². The van der Waals surface area contributed by atoms with Gasteiger partial charge in [-0.3, -0.25) is 5.10 Å². The van der Waals surface area contributed by atoms with Gasteiger partial charge in [-0.25, -0.2) is 28.7 Å². The highest BCUT2D eigenvalue weighted by atomic mass is 19.1. The molecule has 0 aliphatic rings. The van der Waals surface area contributed by atoms with E-state index in [4.69, 9.17) is 0 Å². The molecule has 7 nitrogen and oxygen atoms in total. The Morgan fingerprint density at radius 2 is 1.62 bits per heavy atom.